The minimum atomic E-state index is -0.466. The molecule has 1 heterocycles. The minimum Gasteiger partial charge on any atom is -0.447 e. The maximum absolute atomic E-state index is 11.8. The van der Waals surface area contributed by atoms with Crippen LogP contribution in [0.25, 0.3) is 0 Å². The summed E-state index contributed by atoms with van der Waals surface area (Å²) in [5.74, 6) is 0.526. The van der Waals surface area contributed by atoms with Gasteiger partial charge in [0.25, 0.3) is 0 Å². The van der Waals surface area contributed by atoms with Crippen molar-refractivity contribution in [3.05, 3.63) is 0 Å². The van der Waals surface area contributed by atoms with Gasteiger partial charge in [-0.3, -0.25) is 0 Å². The highest BCUT2D eigenvalue weighted by Gasteiger charge is 2.24. The molecule has 0 saturated carbocycles. The Balaban J connectivity index is 2.18. The fraction of sp³-hybridized carbons (Fsp3) is 0.875. The third-order valence-corrected chi connectivity index (χ3v) is 3.43. The Morgan fingerprint density at radius 2 is 1.82 bits per heavy atom. The van der Waals surface area contributed by atoms with Gasteiger partial charge in [0.1, 0.15) is 5.60 Å². The van der Waals surface area contributed by atoms with E-state index < -0.39 is 5.60 Å². The number of rotatable bonds is 4. The van der Waals surface area contributed by atoms with Crippen molar-refractivity contribution < 1.29 is 19.1 Å². The summed E-state index contributed by atoms with van der Waals surface area (Å²) in [5.41, 5.74) is -0.466. The van der Waals surface area contributed by atoms with Crippen LogP contribution in [0, 0.1) is 5.92 Å². The number of likely N-dealkylation sites (tertiary alicyclic amines) is 1. The molecule has 0 bridgehead atoms. The first-order valence-corrected chi connectivity index (χ1v) is 8.10. The predicted molar refractivity (Wildman–Crippen MR) is 84.8 cm³/mol. The van der Waals surface area contributed by atoms with Crippen molar-refractivity contribution in [3.63, 3.8) is 0 Å². The van der Waals surface area contributed by atoms with E-state index in [0.29, 0.717) is 12.5 Å². The second-order valence-electron chi connectivity index (χ2n) is 7.08. The summed E-state index contributed by atoms with van der Waals surface area (Å²) in [6.45, 7) is 11.3. The highest BCUT2D eigenvalue weighted by molar-refractivity contribution is 5.68. The number of carbonyl (C=O) groups excluding carboxylic acids is 2. The van der Waals surface area contributed by atoms with Gasteiger partial charge < -0.3 is 19.7 Å². The Bertz CT molecular complexity index is 369. The van der Waals surface area contributed by atoms with E-state index in [0.717, 1.165) is 32.4 Å². The molecule has 0 aromatic heterocycles. The fourth-order valence-corrected chi connectivity index (χ4v) is 2.37. The van der Waals surface area contributed by atoms with Gasteiger partial charge in [0.2, 0.25) is 0 Å². The average Bonchev–Trinajstić information content (AvgIpc) is 2.36. The lowest BCUT2D eigenvalue weighted by Crippen LogP contribution is -2.40. The van der Waals surface area contributed by atoms with Crippen LogP contribution in [0.1, 0.15) is 53.9 Å². The molecule has 6 heteroatoms. The molecule has 128 valence electrons. The molecular formula is C16H30N2O4. The van der Waals surface area contributed by atoms with E-state index in [9.17, 15) is 9.59 Å². The summed E-state index contributed by atoms with van der Waals surface area (Å²) < 4.78 is 10.4. The monoisotopic (exact) mass is 314 g/mol. The van der Waals surface area contributed by atoms with E-state index in [1.54, 1.807) is 4.90 Å². The van der Waals surface area contributed by atoms with Crippen molar-refractivity contribution in [2.75, 3.05) is 19.6 Å². The van der Waals surface area contributed by atoms with Crippen LogP contribution in [0.4, 0.5) is 9.59 Å². The summed E-state index contributed by atoms with van der Waals surface area (Å²) >= 11 is 0. The number of ether oxygens (including phenoxy) is 2. The molecular weight excluding hydrogens is 284 g/mol. The van der Waals surface area contributed by atoms with E-state index >= 15 is 0 Å². The fourth-order valence-electron chi connectivity index (χ4n) is 2.37. The molecule has 0 unspecified atom stereocenters. The van der Waals surface area contributed by atoms with Crippen molar-refractivity contribution in [1.82, 2.24) is 10.2 Å². The zero-order valence-electron chi connectivity index (χ0n) is 14.5. The van der Waals surface area contributed by atoms with Crippen LogP contribution < -0.4 is 5.32 Å². The van der Waals surface area contributed by atoms with Gasteiger partial charge >= 0.3 is 12.2 Å². The number of hydrogen-bond acceptors (Lipinski definition) is 4. The Kier molecular flexibility index (Phi) is 6.97. The van der Waals surface area contributed by atoms with Crippen LogP contribution in [0.3, 0.4) is 0 Å². The van der Waals surface area contributed by atoms with Gasteiger partial charge in [-0.25, -0.2) is 9.59 Å². The number of carbonyl (C=O) groups is 2. The van der Waals surface area contributed by atoms with Crippen LogP contribution in [-0.2, 0) is 9.47 Å². The Hall–Kier alpha value is -1.46. The van der Waals surface area contributed by atoms with Crippen LogP contribution in [0.5, 0.6) is 0 Å². The summed E-state index contributed by atoms with van der Waals surface area (Å²) in [6.07, 6.45) is 2.13. The van der Waals surface area contributed by atoms with Gasteiger partial charge in [-0.05, 0) is 59.8 Å². The zero-order chi connectivity index (χ0) is 16.8. The number of piperidine rings is 1. The smallest absolute Gasteiger partial charge is 0.410 e. The summed E-state index contributed by atoms with van der Waals surface area (Å²) in [5, 5.41) is 2.78. The lowest BCUT2D eigenvalue weighted by molar-refractivity contribution is 0.0520. The Morgan fingerprint density at radius 3 is 2.32 bits per heavy atom. The molecule has 1 saturated heterocycles. The standard InChI is InChI=1S/C16H30N2O4/c1-12(2)21-15(20)18-10-7-13(8-11-18)6-9-17-14(19)22-16(3,4)5/h12-13H,6-11H2,1-5H3,(H,17,19). The van der Waals surface area contributed by atoms with Crippen LogP contribution in [0.2, 0.25) is 0 Å². The molecule has 0 aliphatic carbocycles. The predicted octanol–water partition coefficient (Wildman–Crippen LogP) is 3.16. The molecule has 0 atom stereocenters. The number of nitrogens with zero attached hydrogens (tertiary/aromatic N) is 1. The lowest BCUT2D eigenvalue weighted by atomic mass is 9.94. The van der Waals surface area contributed by atoms with Gasteiger partial charge in [-0.1, -0.05) is 0 Å². The number of nitrogens with one attached hydrogen (secondary N) is 1. The van der Waals surface area contributed by atoms with Gasteiger partial charge in [-0.2, -0.15) is 0 Å². The van der Waals surface area contributed by atoms with Gasteiger partial charge in [0.15, 0.2) is 0 Å². The average molecular weight is 314 g/mol. The quantitative estimate of drug-likeness (QED) is 0.865. The first kappa shape index (κ1) is 18.6. The lowest BCUT2D eigenvalue weighted by Gasteiger charge is -2.31. The summed E-state index contributed by atoms with van der Waals surface area (Å²) in [7, 11) is 0. The third kappa shape index (κ3) is 7.52. The van der Waals surface area contributed by atoms with E-state index in [1.165, 1.54) is 0 Å². The summed E-state index contributed by atoms with van der Waals surface area (Å²) in [6, 6.07) is 0. The molecule has 0 aromatic rings. The van der Waals surface area contributed by atoms with Crippen LogP contribution in [-0.4, -0.2) is 48.4 Å². The van der Waals surface area contributed by atoms with Gasteiger partial charge in [0, 0.05) is 19.6 Å². The molecule has 0 aromatic carbocycles. The second-order valence-corrected chi connectivity index (χ2v) is 7.08. The molecule has 1 aliphatic rings. The Labute approximate surface area is 133 Å². The van der Waals surface area contributed by atoms with E-state index in [1.807, 2.05) is 34.6 Å². The van der Waals surface area contributed by atoms with E-state index in [2.05, 4.69) is 5.32 Å². The molecule has 22 heavy (non-hydrogen) atoms. The minimum absolute atomic E-state index is 0.0803. The van der Waals surface area contributed by atoms with Crippen LogP contribution >= 0.6 is 0 Å². The molecule has 0 spiro atoms. The maximum Gasteiger partial charge on any atom is 0.410 e. The molecule has 2 amide bonds. The number of alkyl carbamates (subject to hydrolysis) is 1. The van der Waals surface area contributed by atoms with Crippen molar-refractivity contribution in [2.24, 2.45) is 5.92 Å². The Morgan fingerprint density at radius 1 is 1.23 bits per heavy atom. The highest BCUT2D eigenvalue weighted by Crippen LogP contribution is 2.20. The first-order chi connectivity index (χ1) is 10.2. The molecule has 1 rings (SSSR count). The van der Waals surface area contributed by atoms with Gasteiger partial charge in [-0.15, -0.1) is 0 Å². The third-order valence-electron chi connectivity index (χ3n) is 3.43. The summed E-state index contributed by atoms with van der Waals surface area (Å²) in [4.78, 5) is 25.1. The molecule has 6 nitrogen and oxygen atoms in total. The molecule has 1 aliphatic heterocycles. The molecule has 1 N–H and O–H groups in total. The topological polar surface area (TPSA) is 67.9 Å². The van der Waals surface area contributed by atoms with E-state index in [-0.39, 0.29) is 18.3 Å². The molecule has 0 radical (unpaired) electrons. The van der Waals surface area contributed by atoms with Crippen molar-refractivity contribution in [3.8, 4) is 0 Å². The first-order valence-electron chi connectivity index (χ1n) is 8.10. The normalized spacial score (nSPS) is 16.5. The zero-order valence-corrected chi connectivity index (χ0v) is 14.5. The number of amides is 2. The van der Waals surface area contributed by atoms with E-state index in [4.69, 9.17) is 9.47 Å². The number of hydrogen-bond donors (Lipinski definition) is 1. The van der Waals surface area contributed by atoms with Crippen LogP contribution in [0.15, 0.2) is 0 Å². The van der Waals surface area contributed by atoms with Crippen molar-refractivity contribution in [1.29, 1.82) is 0 Å². The highest BCUT2D eigenvalue weighted by atomic mass is 16.6. The molecule has 1 fully saturated rings. The largest absolute Gasteiger partial charge is 0.447 e. The van der Waals surface area contributed by atoms with Gasteiger partial charge in [0.05, 0.1) is 6.10 Å². The SMILES string of the molecule is CC(C)OC(=O)N1CCC(CCNC(=O)OC(C)(C)C)CC1. The van der Waals surface area contributed by atoms with Crippen molar-refractivity contribution >= 4 is 12.2 Å². The van der Waals surface area contributed by atoms with Crippen molar-refractivity contribution in [2.45, 2.75) is 65.6 Å². The maximum atomic E-state index is 11.8. The second kappa shape index (κ2) is 8.25.